The number of rotatable bonds is 8. The Labute approximate surface area is 155 Å². The lowest BCUT2D eigenvalue weighted by molar-refractivity contribution is 0.232. The summed E-state index contributed by atoms with van der Waals surface area (Å²) < 4.78 is 21.9. The third-order valence-electron chi connectivity index (χ3n) is 4.94. The van der Waals surface area contributed by atoms with Crippen LogP contribution in [0.5, 0.6) is 17.2 Å². The van der Waals surface area contributed by atoms with Gasteiger partial charge in [0.15, 0.2) is 11.5 Å². The third-order valence-corrected chi connectivity index (χ3v) is 4.94. The molecule has 142 valence electrons. The van der Waals surface area contributed by atoms with Gasteiger partial charge in [-0.2, -0.15) is 0 Å². The summed E-state index contributed by atoms with van der Waals surface area (Å²) in [4.78, 5) is 2.43. The van der Waals surface area contributed by atoms with Gasteiger partial charge in [0, 0.05) is 30.7 Å². The van der Waals surface area contributed by atoms with Crippen LogP contribution in [0.2, 0.25) is 0 Å². The number of hydrogen-bond acceptors (Lipinski definition) is 6. The average molecular weight is 360 g/mol. The largest absolute Gasteiger partial charge is 0.496 e. The van der Waals surface area contributed by atoms with Crippen molar-refractivity contribution in [2.45, 2.75) is 45.2 Å². The Morgan fingerprint density at radius 2 is 1.81 bits per heavy atom. The number of benzene rings is 1. The van der Waals surface area contributed by atoms with E-state index in [-0.39, 0.29) is 6.04 Å². The van der Waals surface area contributed by atoms with E-state index >= 15 is 0 Å². The van der Waals surface area contributed by atoms with Gasteiger partial charge in [-0.15, -0.1) is 0 Å². The molecular formula is C20H28N2O4. The van der Waals surface area contributed by atoms with E-state index in [0.717, 1.165) is 61.5 Å². The predicted octanol–water partition coefficient (Wildman–Crippen LogP) is 3.99. The maximum absolute atomic E-state index is 5.58. The maximum atomic E-state index is 5.58. The number of aryl methyl sites for hydroxylation is 1. The van der Waals surface area contributed by atoms with Gasteiger partial charge in [-0.05, 0) is 31.9 Å². The Kier molecular flexibility index (Phi) is 6.04. The molecule has 3 rings (SSSR count). The van der Waals surface area contributed by atoms with E-state index < -0.39 is 0 Å². The minimum Gasteiger partial charge on any atom is -0.496 e. The first-order valence-electron chi connectivity index (χ1n) is 9.18. The minimum atomic E-state index is 0.280. The van der Waals surface area contributed by atoms with Gasteiger partial charge >= 0.3 is 0 Å². The SMILES string of the molecule is CCCc1cc([C@@H]2CCCN2Cc2cc(OC)c(OC)cc2OC)no1. The molecule has 1 fully saturated rings. The number of ether oxygens (including phenoxy) is 3. The number of nitrogens with zero attached hydrogens (tertiary/aromatic N) is 2. The maximum Gasteiger partial charge on any atom is 0.164 e. The predicted molar refractivity (Wildman–Crippen MR) is 99.0 cm³/mol. The first kappa shape index (κ1) is 18.6. The van der Waals surface area contributed by atoms with E-state index in [2.05, 4.69) is 23.0 Å². The first-order valence-corrected chi connectivity index (χ1v) is 9.18. The summed E-state index contributed by atoms with van der Waals surface area (Å²) in [5, 5.41) is 4.32. The van der Waals surface area contributed by atoms with Crippen molar-refractivity contribution >= 4 is 0 Å². The van der Waals surface area contributed by atoms with Crippen LogP contribution >= 0.6 is 0 Å². The van der Waals surface area contributed by atoms with Gasteiger partial charge in [0.2, 0.25) is 0 Å². The van der Waals surface area contributed by atoms with Crippen LogP contribution in [-0.4, -0.2) is 37.9 Å². The molecule has 1 aliphatic heterocycles. The van der Waals surface area contributed by atoms with Crippen LogP contribution in [0.3, 0.4) is 0 Å². The Morgan fingerprint density at radius 3 is 2.50 bits per heavy atom. The lowest BCUT2D eigenvalue weighted by Crippen LogP contribution is -2.23. The molecule has 1 aliphatic rings. The molecule has 1 atom stereocenters. The molecule has 2 aromatic rings. The molecule has 0 saturated carbocycles. The van der Waals surface area contributed by atoms with Crippen molar-refractivity contribution in [1.82, 2.24) is 10.1 Å². The van der Waals surface area contributed by atoms with E-state index in [4.69, 9.17) is 18.7 Å². The van der Waals surface area contributed by atoms with Crippen molar-refractivity contribution in [2.75, 3.05) is 27.9 Å². The van der Waals surface area contributed by atoms with Gasteiger partial charge in [0.1, 0.15) is 17.2 Å². The molecule has 0 bridgehead atoms. The van der Waals surface area contributed by atoms with Gasteiger partial charge in [0.05, 0.1) is 27.4 Å². The fraction of sp³-hybridized carbons (Fsp3) is 0.550. The monoisotopic (exact) mass is 360 g/mol. The standard InChI is InChI=1S/C20H28N2O4/c1-5-7-15-11-16(21-26-15)17-8-6-9-22(17)13-14-10-19(24-3)20(25-4)12-18(14)23-2/h10-12,17H,5-9,13H2,1-4H3/t17-/m0/s1. The normalized spacial score (nSPS) is 17.5. The Hall–Kier alpha value is -2.21. The van der Waals surface area contributed by atoms with Crippen molar-refractivity contribution in [3.63, 3.8) is 0 Å². The minimum absolute atomic E-state index is 0.280. The second kappa shape index (κ2) is 8.45. The van der Waals surface area contributed by atoms with E-state index in [9.17, 15) is 0 Å². The number of aromatic nitrogens is 1. The zero-order valence-electron chi connectivity index (χ0n) is 16.1. The molecule has 2 heterocycles. The Morgan fingerprint density at radius 1 is 1.08 bits per heavy atom. The number of hydrogen-bond donors (Lipinski definition) is 0. The summed E-state index contributed by atoms with van der Waals surface area (Å²) in [5.74, 6) is 3.16. The fourth-order valence-electron chi connectivity index (χ4n) is 3.64. The molecule has 1 aromatic heterocycles. The molecule has 0 unspecified atom stereocenters. The van der Waals surface area contributed by atoms with Crippen LogP contribution in [0.15, 0.2) is 22.7 Å². The number of methoxy groups -OCH3 is 3. The van der Waals surface area contributed by atoms with Gasteiger partial charge in [-0.3, -0.25) is 4.90 Å². The highest BCUT2D eigenvalue weighted by Crippen LogP contribution is 2.38. The summed E-state index contributed by atoms with van der Waals surface area (Å²) in [5.41, 5.74) is 2.11. The third kappa shape index (κ3) is 3.80. The molecule has 1 saturated heterocycles. The van der Waals surface area contributed by atoms with Crippen molar-refractivity contribution < 1.29 is 18.7 Å². The molecule has 26 heavy (non-hydrogen) atoms. The topological polar surface area (TPSA) is 57.0 Å². The molecule has 0 aliphatic carbocycles. The summed E-state index contributed by atoms with van der Waals surface area (Å²) in [7, 11) is 4.96. The van der Waals surface area contributed by atoms with Gasteiger partial charge < -0.3 is 18.7 Å². The highest BCUT2D eigenvalue weighted by molar-refractivity contribution is 5.50. The highest BCUT2D eigenvalue weighted by atomic mass is 16.5. The van der Waals surface area contributed by atoms with Crippen LogP contribution in [0.1, 0.15) is 49.2 Å². The second-order valence-corrected chi connectivity index (χ2v) is 6.62. The summed E-state index contributed by atoms with van der Waals surface area (Å²) in [6.45, 7) is 3.94. The van der Waals surface area contributed by atoms with Gasteiger partial charge in [0.25, 0.3) is 0 Å². The van der Waals surface area contributed by atoms with Gasteiger partial charge in [-0.25, -0.2) is 0 Å². The number of likely N-dealkylation sites (tertiary alicyclic amines) is 1. The quantitative estimate of drug-likeness (QED) is 0.709. The Bertz CT molecular complexity index is 729. The molecule has 0 amide bonds. The molecule has 0 N–H and O–H groups in total. The Balaban J connectivity index is 1.82. The molecule has 0 spiro atoms. The molecule has 0 radical (unpaired) electrons. The lowest BCUT2D eigenvalue weighted by atomic mass is 10.1. The highest BCUT2D eigenvalue weighted by Gasteiger charge is 2.29. The smallest absolute Gasteiger partial charge is 0.164 e. The average Bonchev–Trinajstić information content (AvgIpc) is 3.30. The fourth-order valence-corrected chi connectivity index (χ4v) is 3.64. The first-order chi connectivity index (χ1) is 12.7. The van der Waals surface area contributed by atoms with E-state index in [0.29, 0.717) is 11.5 Å². The van der Waals surface area contributed by atoms with Crippen LogP contribution in [0, 0.1) is 0 Å². The van der Waals surface area contributed by atoms with Gasteiger partial charge in [-0.1, -0.05) is 12.1 Å². The molecule has 6 nitrogen and oxygen atoms in total. The van der Waals surface area contributed by atoms with Crippen molar-refractivity contribution in [3.8, 4) is 17.2 Å². The second-order valence-electron chi connectivity index (χ2n) is 6.62. The lowest BCUT2D eigenvalue weighted by Gasteiger charge is -2.24. The van der Waals surface area contributed by atoms with E-state index in [1.54, 1.807) is 21.3 Å². The summed E-state index contributed by atoms with van der Waals surface area (Å²) >= 11 is 0. The van der Waals surface area contributed by atoms with Crippen molar-refractivity contribution in [3.05, 3.63) is 35.2 Å². The van der Waals surface area contributed by atoms with E-state index in [1.807, 2.05) is 12.1 Å². The van der Waals surface area contributed by atoms with Crippen molar-refractivity contribution in [2.24, 2.45) is 0 Å². The summed E-state index contributed by atoms with van der Waals surface area (Å²) in [6, 6.07) is 6.27. The molecule has 6 heteroatoms. The molecular weight excluding hydrogens is 332 g/mol. The molecule has 1 aromatic carbocycles. The zero-order chi connectivity index (χ0) is 18.5. The van der Waals surface area contributed by atoms with Crippen LogP contribution in [-0.2, 0) is 13.0 Å². The summed E-state index contributed by atoms with van der Waals surface area (Å²) in [6.07, 6.45) is 4.24. The van der Waals surface area contributed by atoms with Crippen LogP contribution in [0.4, 0.5) is 0 Å². The zero-order valence-corrected chi connectivity index (χ0v) is 16.1. The van der Waals surface area contributed by atoms with Crippen LogP contribution in [0.25, 0.3) is 0 Å². The van der Waals surface area contributed by atoms with Crippen molar-refractivity contribution in [1.29, 1.82) is 0 Å². The van der Waals surface area contributed by atoms with Crippen LogP contribution < -0.4 is 14.2 Å². The van der Waals surface area contributed by atoms with E-state index in [1.165, 1.54) is 0 Å².